The second-order valence-corrected chi connectivity index (χ2v) is 3.54. The van der Waals surface area contributed by atoms with Crippen LogP contribution in [0.3, 0.4) is 0 Å². The lowest BCUT2D eigenvalue weighted by Crippen LogP contribution is -2.14. The van der Waals surface area contributed by atoms with Gasteiger partial charge in [-0.3, -0.25) is 0 Å². The van der Waals surface area contributed by atoms with E-state index in [2.05, 4.69) is 0 Å². The topological polar surface area (TPSA) is 74.7 Å². The van der Waals surface area contributed by atoms with Gasteiger partial charge in [-0.2, -0.15) is 0 Å². The lowest BCUT2D eigenvalue weighted by Gasteiger charge is -2.08. The van der Waals surface area contributed by atoms with Gasteiger partial charge < -0.3 is 19.6 Å². The number of fused-ring (bicyclic) bond motifs is 1. The number of hydrogen-bond acceptors (Lipinski definition) is 4. The van der Waals surface area contributed by atoms with Crippen LogP contribution in [0.15, 0.2) is 28.9 Å². The molecule has 0 saturated heterocycles. The number of carbonyl (C=O) groups excluding carboxylic acids is 1. The molecule has 0 atom stereocenters. The van der Waals surface area contributed by atoms with Crippen LogP contribution in [0.1, 0.15) is 5.56 Å². The van der Waals surface area contributed by atoms with Gasteiger partial charge in [-0.1, -0.05) is 0 Å². The molecule has 1 heterocycles. The molecule has 0 radical (unpaired) electrons. The number of furan rings is 1. The number of carbonyl (C=O) groups is 1. The molecule has 5 nitrogen and oxygen atoms in total. The van der Waals surface area contributed by atoms with Crippen molar-refractivity contribution in [3.05, 3.63) is 30.0 Å². The summed E-state index contributed by atoms with van der Waals surface area (Å²) < 4.78 is 15.3. The maximum atomic E-state index is 10.5. The minimum Gasteiger partial charge on any atom is -0.496 e. The predicted octanol–water partition coefficient (Wildman–Crippen LogP) is 2.08. The molecule has 1 amide bonds. The summed E-state index contributed by atoms with van der Waals surface area (Å²) >= 11 is 0. The van der Waals surface area contributed by atoms with E-state index in [9.17, 15) is 4.79 Å². The van der Waals surface area contributed by atoms with Crippen molar-refractivity contribution in [2.75, 3.05) is 13.7 Å². The Balaban J connectivity index is 2.21. The number of hydrogen-bond donors (Lipinski definition) is 1. The molecule has 0 aliphatic carbocycles. The summed E-state index contributed by atoms with van der Waals surface area (Å²) in [6.45, 7) is 0.220. The first-order valence-electron chi connectivity index (χ1n) is 5.17. The van der Waals surface area contributed by atoms with E-state index < -0.39 is 6.09 Å². The summed E-state index contributed by atoms with van der Waals surface area (Å²) in [6.07, 6.45) is 1.37. The van der Waals surface area contributed by atoms with Crippen molar-refractivity contribution in [2.24, 2.45) is 5.73 Å². The van der Waals surface area contributed by atoms with Crippen LogP contribution in [0.25, 0.3) is 11.0 Å². The third kappa shape index (κ3) is 2.50. The molecule has 2 aromatic rings. The van der Waals surface area contributed by atoms with E-state index in [0.29, 0.717) is 6.42 Å². The Labute approximate surface area is 98.1 Å². The first kappa shape index (κ1) is 11.3. The van der Waals surface area contributed by atoms with Gasteiger partial charge in [-0.05, 0) is 18.2 Å². The molecule has 0 spiro atoms. The minimum absolute atomic E-state index is 0.220. The highest BCUT2D eigenvalue weighted by Gasteiger charge is 2.08. The molecular weight excluding hydrogens is 222 g/mol. The Hall–Kier alpha value is -2.17. The molecule has 0 saturated carbocycles. The number of methoxy groups -OCH3 is 1. The number of rotatable bonds is 4. The van der Waals surface area contributed by atoms with Crippen LogP contribution >= 0.6 is 0 Å². The summed E-state index contributed by atoms with van der Waals surface area (Å²) in [5.74, 6) is 0.743. The monoisotopic (exact) mass is 235 g/mol. The number of amides is 1. The quantitative estimate of drug-likeness (QED) is 0.880. The number of ether oxygens (including phenoxy) is 2. The molecule has 0 aliphatic heterocycles. The maximum Gasteiger partial charge on any atom is 0.404 e. The number of primary amides is 1. The molecule has 2 N–H and O–H groups in total. The Bertz CT molecular complexity index is 532. The van der Waals surface area contributed by atoms with Gasteiger partial charge in [-0.25, -0.2) is 4.79 Å². The molecule has 17 heavy (non-hydrogen) atoms. The third-order valence-electron chi connectivity index (χ3n) is 2.47. The lowest BCUT2D eigenvalue weighted by molar-refractivity contribution is 0.158. The molecule has 0 bridgehead atoms. The van der Waals surface area contributed by atoms with E-state index in [1.165, 1.54) is 0 Å². The largest absolute Gasteiger partial charge is 0.496 e. The van der Waals surface area contributed by atoms with Gasteiger partial charge in [0.25, 0.3) is 0 Å². The van der Waals surface area contributed by atoms with E-state index in [4.69, 9.17) is 19.6 Å². The van der Waals surface area contributed by atoms with E-state index in [0.717, 1.165) is 22.3 Å². The van der Waals surface area contributed by atoms with E-state index in [-0.39, 0.29) is 6.61 Å². The van der Waals surface area contributed by atoms with Crippen LogP contribution in [0, 0.1) is 0 Å². The van der Waals surface area contributed by atoms with Gasteiger partial charge in [0.15, 0.2) is 0 Å². The second-order valence-electron chi connectivity index (χ2n) is 3.54. The highest BCUT2D eigenvalue weighted by atomic mass is 16.5. The molecule has 0 aliphatic rings. The third-order valence-corrected chi connectivity index (χ3v) is 2.47. The van der Waals surface area contributed by atoms with Crippen molar-refractivity contribution in [1.82, 2.24) is 0 Å². The molecule has 2 rings (SSSR count). The average Bonchev–Trinajstić information content (AvgIpc) is 2.74. The molecule has 0 fully saturated rings. The molecule has 1 aromatic carbocycles. The van der Waals surface area contributed by atoms with Gasteiger partial charge in [0.1, 0.15) is 11.3 Å². The molecular formula is C12H13NO4. The van der Waals surface area contributed by atoms with Crippen molar-refractivity contribution in [2.45, 2.75) is 6.42 Å². The lowest BCUT2D eigenvalue weighted by atomic mass is 10.1. The smallest absolute Gasteiger partial charge is 0.404 e. The van der Waals surface area contributed by atoms with Crippen molar-refractivity contribution < 1.29 is 18.7 Å². The van der Waals surface area contributed by atoms with Crippen molar-refractivity contribution in [3.63, 3.8) is 0 Å². The van der Waals surface area contributed by atoms with Gasteiger partial charge in [0.2, 0.25) is 0 Å². The number of nitrogens with two attached hydrogens (primary N) is 1. The zero-order valence-corrected chi connectivity index (χ0v) is 9.43. The summed E-state index contributed by atoms with van der Waals surface area (Å²) in [7, 11) is 1.60. The van der Waals surface area contributed by atoms with Gasteiger partial charge in [0.05, 0.1) is 20.0 Å². The average molecular weight is 235 g/mol. The molecule has 90 valence electrons. The van der Waals surface area contributed by atoms with E-state index in [1.54, 1.807) is 13.4 Å². The first-order chi connectivity index (χ1) is 8.20. The highest BCUT2D eigenvalue weighted by Crippen LogP contribution is 2.27. The van der Waals surface area contributed by atoms with Gasteiger partial charge >= 0.3 is 6.09 Å². The fourth-order valence-electron chi connectivity index (χ4n) is 1.68. The van der Waals surface area contributed by atoms with Crippen LogP contribution < -0.4 is 10.5 Å². The number of benzene rings is 1. The van der Waals surface area contributed by atoms with Crippen molar-refractivity contribution in [3.8, 4) is 5.75 Å². The highest BCUT2D eigenvalue weighted by molar-refractivity contribution is 5.80. The van der Waals surface area contributed by atoms with Crippen LogP contribution in [-0.2, 0) is 11.2 Å². The standard InChI is InChI=1S/C12H13NO4/c1-15-10-6-9-2-4-16-11(9)7-8(10)3-5-17-12(13)14/h2,4,6-7H,3,5H2,1H3,(H2,13,14). The van der Waals surface area contributed by atoms with Crippen LogP contribution in [-0.4, -0.2) is 19.8 Å². The van der Waals surface area contributed by atoms with Crippen LogP contribution in [0.4, 0.5) is 4.79 Å². The van der Waals surface area contributed by atoms with Gasteiger partial charge in [-0.15, -0.1) is 0 Å². The van der Waals surface area contributed by atoms with Crippen molar-refractivity contribution >= 4 is 17.1 Å². The zero-order valence-electron chi connectivity index (χ0n) is 9.43. The van der Waals surface area contributed by atoms with E-state index in [1.807, 2.05) is 18.2 Å². The Morgan fingerprint density at radius 1 is 1.47 bits per heavy atom. The van der Waals surface area contributed by atoms with Crippen LogP contribution in [0.5, 0.6) is 5.75 Å². The van der Waals surface area contributed by atoms with Crippen LogP contribution in [0.2, 0.25) is 0 Å². The zero-order chi connectivity index (χ0) is 12.3. The van der Waals surface area contributed by atoms with Gasteiger partial charge in [0, 0.05) is 17.4 Å². The Kier molecular flexibility index (Phi) is 3.18. The Morgan fingerprint density at radius 2 is 2.29 bits per heavy atom. The maximum absolute atomic E-state index is 10.5. The second kappa shape index (κ2) is 4.78. The predicted molar refractivity (Wildman–Crippen MR) is 62.0 cm³/mol. The first-order valence-corrected chi connectivity index (χ1v) is 5.17. The molecule has 5 heteroatoms. The van der Waals surface area contributed by atoms with Crippen molar-refractivity contribution in [1.29, 1.82) is 0 Å². The SMILES string of the molecule is COc1cc2ccoc2cc1CCOC(N)=O. The summed E-state index contributed by atoms with van der Waals surface area (Å²) in [5.41, 5.74) is 6.58. The summed E-state index contributed by atoms with van der Waals surface area (Å²) in [6, 6.07) is 5.62. The normalized spacial score (nSPS) is 10.4. The fraction of sp³-hybridized carbons (Fsp3) is 0.250. The minimum atomic E-state index is -0.775. The molecule has 1 aromatic heterocycles. The summed E-state index contributed by atoms with van der Waals surface area (Å²) in [5, 5.41) is 0.974. The Morgan fingerprint density at radius 3 is 3.00 bits per heavy atom. The fourth-order valence-corrected chi connectivity index (χ4v) is 1.68. The molecule has 0 unspecified atom stereocenters. The van der Waals surface area contributed by atoms with E-state index >= 15 is 0 Å². The summed E-state index contributed by atoms with van der Waals surface area (Å²) in [4.78, 5) is 10.5.